The standard InChI is InChI=1S/C6H10N2/c1-4-7-5-8-6(2)3/h1,5H2,2-3H3. The molecule has 0 unspecified atom stereocenters. The van der Waals surface area contributed by atoms with Gasteiger partial charge in [0.2, 0.25) is 0 Å². The second-order valence-corrected chi connectivity index (χ2v) is 1.56. The normalized spacial score (nSPS) is 7.25. The summed E-state index contributed by atoms with van der Waals surface area (Å²) in [7, 11) is 0. The quantitative estimate of drug-likeness (QED) is 0.478. The van der Waals surface area contributed by atoms with Crippen LogP contribution in [0.4, 0.5) is 0 Å². The predicted molar refractivity (Wildman–Crippen MR) is 36.7 cm³/mol. The Bertz CT molecular complexity index is 125. The van der Waals surface area contributed by atoms with E-state index in [1.54, 1.807) is 0 Å². The average molecular weight is 110 g/mol. The Labute approximate surface area is 49.7 Å². The highest BCUT2D eigenvalue weighted by atomic mass is 14.9. The summed E-state index contributed by atoms with van der Waals surface area (Å²) >= 11 is 0. The minimum Gasteiger partial charge on any atom is -0.271 e. The molecule has 0 aliphatic rings. The third-order valence-electron chi connectivity index (χ3n) is 0.569. The SMILES string of the molecule is C=C=NCN=C(C)C. The third kappa shape index (κ3) is 5.12. The van der Waals surface area contributed by atoms with Crippen molar-refractivity contribution in [1.82, 2.24) is 0 Å². The molecule has 0 atom stereocenters. The molecule has 0 saturated carbocycles. The highest BCUT2D eigenvalue weighted by Gasteiger charge is 1.71. The van der Waals surface area contributed by atoms with E-state index in [-0.39, 0.29) is 0 Å². The van der Waals surface area contributed by atoms with Gasteiger partial charge in [-0.25, -0.2) is 4.99 Å². The molecule has 0 aromatic heterocycles. The van der Waals surface area contributed by atoms with Gasteiger partial charge in [-0.2, -0.15) is 0 Å². The summed E-state index contributed by atoms with van der Waals surface area (Å²) < 4.78 is 0. The summed E-state index contributed by atoms with van der Waals surface area (Å²) in [4.78, 5) is 7.63. The van der Waals surface area contributed by atoms with Crippen molar-refractivity contribution in [3.63, 3.8) is 0 Å². The van der Waals surface area contributed by atoms with Gasteiger partial charge < -0.3 is 0 Å². The summed E-state index contributed by atoms with van der Waals surface area (Å²) in [5, 5.41) is 0. The second-order valence-electron chi connectivity index (χ2n) is 1.56. The Hall–Kier alpha value is -0.880. The first kappa shape index (κ1) is 7.12. The molecule has 0 fully saturated rings. The second kappa shape index (κ2) is 4.28. The Morgan fingerprint density at radius 3 is 2.62 bits per heavy atom. The molecule has 0 aromatic carbocycles. The molecule has 0 N–H and O–H groups in total. The summed E-state index contributed by atoms with van der Waals surface area (Å²) in [5.41, 5.74) is 1.03. The van der Waals surface area contributed by atoms with Crippen molar-refractivity contribution < 1.29 is 0 Å². The topological polar surface area (TPSA) is 24.7 Å². The van der Waals surface area contributed by atoms with Crippen molar-refractivity contribution in [1.29, 1.82) is 0 Å². The highest BCUT2D eigenvalue weighted by Crippen LogP contribution is 1.73. The molecule has 0 saturated heterocycles. The van der Waals surface area contributed by atoms with E-state index in [0.717, 1.165) is 5.71 Å². The maximum atomic E-state index is 3.96. The maximum Gasteiger partial charge on any atom is 0.138 e. The molecule has 0 aliphatic carbocycles. The van der Waals surface area contributed by atoms with Gasteiger partial charge in [-0.3, -0.25) is 4.99 Å². The Kier molecular flexibility index (Phi) is 3.81. The van der Waals surface area contributed by atoms with Gasteiger partial charge in [-0.15, -0.1) is 0 Å². The number of aliphatic imine (C=N–C) groups is 2. The molecule has 2 nitrogen and oxygen atoms in total. The van der Waals surface area contributed by atoms with E-state index in [4.69, 9.17) is 0 Å². The summed E-state index contributed by atoms with van der Waals surface area (Å²) in [6.07, 6.45) is 0. The molecule has 0 heterocycles. The molecular weight excluding hydrogens is 100 g/mol. The minimum absolute atomic E-state index is 0.464. The number of nitrogens with zero attached hydrogens (tertiary/aromatic N) is 2. The fourth-order valence-electron chi connectivity index (χ4n) is 0.227. The van der Waals surface area contributed by atoms with Gasteiger partial charge in [-0.05, 0) is 26.3 Å². The van der Waals surface area contributed by atoms with E-state index in [1.165, 1.54) is 0 Å². The summed E-state index contributed by atoms with van der Waals surface area (Å²) in [6.45, 7) is 7.62. The first-order valence-electron chi connectivity index (χ1n) is 2.43. The fraction of sp³-hybridized carbons (Fsp3) is 0.500. The molecule has 0 aliphatic heterocycles. The Morgan fingerprint density at radius 1 is 1.62 bits per heavy atom. The molecule has 0 radical (unpaired) electrons. The van der Waals surface area contributed by atoms with Crippen molar-refractivity contribution in [2.75, 3.05) is 6.67 Å². The minimum atomic E-state index is 0.464. The number of hydrogen-bond acceptors (Lipinski definition) is 2. The molecule has 0 aromatic rings. The van der Waals surface area contributed by atoms with Crippen LogP contribution in [-0.4, -0.2) is 18.3 Å². The van der Waals surface area contributed by atoms with Gasteiger partial charge in [0, 0.05) is 5.71 Å². The Morgan fingerprint density at radius 2 is 2.25 bits per heavy atom. The van der Waals surface area contributed by atoms with E-state index < -0.39 is 0 Å². The van der Waals surface area contributed by atoms with Crippen LogP contribution < -0.4 is 0 Å². The van der Waals surface area contributed by atoms with E-state index in [1.807, 2.05) is 13.8 Å². The molecule has 2 heteroatoms. The Balaban J connectivity index is 3.44. The largest absolute Gasteiger partial charge is 0.271 e. The van der Waals surface area contributed by atoms with Crippen LogP contribution in [0.3, 0.4) is 0 Å². The molecule has 0 spiro atoms. The molecular formula is C6H10N2. The van der Waals surface area contributed by atoms with Gasteiger partial charge in [0.15, 0.2) is 0 Å². The van der Waals surface area contributed by atoms with Crippen molar-refractivity contribution in [3.05, 3.63) is 6.58 Å². The zero-order chi connectivity index (χ0) is 6.41. The summed E-state index contributed by atoms with van der Waals surface area (Å²) in [6, 6.07) is 0. The maximum absolute atomic E-state index is 3.96. The lowest BCUT2D eigenvalue weighted by Gasteiger charge is -1.82. The fourth-order valence-corrected chi connectivity index (χ4v) is 0.227. The zero-order valence-corrected chi connectivity index (χ0v) is 5.31. The monoisotopic (exact) mass is 110 g/mol. The zero-order valence-electron chi connectivity index (χ0n) is 5.31. The lowest BCUT2D eigenvalue weighted by molar-refractivity contribution is 1.07. The number of rotatable bonds is 2. The molecule has 8 heavy (non-hydrogen) atoms. The van der Waals surface area contributed by atoms with Gasteiger partial charge in [-0.1, -0.05) is 0 Å². The molecule has 0 amide bonds. The van der Waals surface area contributed by atoms with Crippen molar-refractivity contribution in [2.45, 2.75) is 13.8 Å². The first-order valence-corrected chi connectivity index (χ1v) is 2.43. The molecule has 0 rings (SSSR count). The van der Waals surface area contributed by atoms with Gasteiger partial charge in [0.05, 0.1) is 0 Å². The van der Waals surface area contributed by atoms with Crippen LogP contribution in [0.25, 0.3) is 0 Å². The lowest BCUT2D eigenvalue weighted by Crippen LogP contribution is -1.81. The van der Waals surface area contributed by atoms with Gasteiger partial charge >= 0.3 is 0 Å². The highest BCUT2D eigenvalue weighted by molar-refractivity contribution is 5.79. The van der Waals surface area contributed by atoms with Crippen LogP contribution in [0, 0.1) is 0 Å². The van der Waals surface area contributed by atoms with Crippen molar-refractivity contribution in [2.24, 2.45) is 9.98 Å². The van der Waals surface area contributed by atoms with Crippen LogP contribution in [0.15, 0.2) is 16.6 Å². The molecule has 0 bridgehead atoms. The van der Waals surface area contributed by atoms with Crippen LogP contribution >= 0.6 is 0 Å². The van der Waals surface area contributed by atoms with E-state index >= 15 is 0 Å². The van der Waals surface area contributed by atoms with Crippen LogP contribution in [-0.2, 0) is 0 Å². The van der Waals surface area contributed by atoms with Gasteiger partial charge in [0.1, 0.15) is 6.67 Å². The van der Waals surface area contributed by atoms with Gasteiger partial charge in [0.25, 0.3) is 0 Å². The third-order valence-corrected chi connectivity index (χ3v) is 0.569. The van der Waals surface area contributed by atoms with Crippen LogP contribution in [0.5, 0.6) is 0 Å². The molecule has 44 valence electrons. The predicted octanol–water partition coefficient (Wildman–Crippen LogP) is 1.28. The lowest BCUT2D eigenvalue weighted by atomic mass is 10.5. The van der Waals surface area contributed by atoms with Crippen LogP contribution in [0.2, 0.25) is 0 Å². The van der Waals surface area contributed by atoms with E-state index in [2.05, 4.69) is 22.4 Å². The smallest absolute Gasteiger partial charge is 0.138 e. The summed E-state index contributed by atoms with van der Waals surface area (Å²) in [5.74, 6) is 2.39. The van der Waals surface area contributed by atoms with E-state index in [0.29, 0.717) is 6.67 Å². The van der Waals surface area contributed by atoms with Crippen LogP contribution in [0.1, 0.15) is 13.8 Å². The van der Waals surface area contributed by atoms with E-state index in [9.17, 15) is 0 Å². The average Bonchev–Trinajstić information content (AvgIpc) is 1.66. The first-order chi connectivity index (χ1) is 3.77. The van der Waals surface area contributed by atoms with Crippen molar-refractivity contribution in [3.8, 4) is 0 Å². The number of hydrogen-bond donors (Lipinski definition) is 0. The van der Waals surface area contributed by atoms with Crippen molar-refractivity contribution >= 4 is 11.6 Å².